The van der Waals surface area contributed by atoms with Gasteiger partial charge < -0.3 is 14.6 Å². The summed E-state index contributed by atoms with van der Waals surface area (Å²) in [7, 11) is 1.30. The molecule has 0 spiro atoms. The molecule has 5 nitrogen and oxygen atoms in total. The van der Waals surface area contributed by atoms with Gasteiger partial charge in [0.25, 0.3) is 0 Å². The Morgan fingerprint density at radius 3 is 2.44 bits per heavy atom. The molecule has 0 aromatic rings. The highest BCUT2D eigenvalue weighted by atomic mass is 16.6. The molecule has 4 fully saturated rings. The summed E-state index contributed by atoms with van der Waals surface area (Å²) in [5.41, 5.74) is 0.810. The summed E-state index contributed by atoms with van der Waals surface area (Å²) in [6.45, 7) is 7.14. The van der Waals surface area contributed by atoms with Gasteiger partial charge in [0.05, 0.1) is 13.2 Å². The summed E-state index contributed by atoms with van der Waals surface area (Å²) in [4.78, 5) is 23.3. The van der Waals surface area contributed by atoms with E-state index in [-0.39, 0.29) is 18.7 Å². The lowest BCUT2D eigenvalue weighted by atomic mass is 9.44. The Balaban J connectivity index is 1.37. The smallest absolute Gasteiger partial charge is 0.344 e. The van der Waals surface area contributed by atoms with Crippen LogP contribution in [-0.2, 0) is 19.1 Å². The number of methoxy groups -OCH3 is 1. The second-order valence-electron chi connectivity index (χ2n) is 12.1. The second-order valence-corrected chi connectivity index (χ2v) is 12.1. The van der Waals surface area contributed by atoms with Crippen LogP contribution >= 0.6 is 0 Å². The minimum Gasteiger partial charge on any atom is -0.466 e. The monoisotopic (exact) mass is 448 g/mol. The van der Waals surface area contributed by atoms with Gasteiger partial charge in [0.1, 0.15) is 0 Å². The third-order valence-electron chi connectivity index (χ3n) is 10.8. The van der Waals surface area contributed by atoms with Crippen LogP contribution in [0.25, 0.3) is 0 Å². The predicted molar refractivity (Wildman–Crippen MR) is 123 cm³/mol. The fraction of sp³-hybridized carbons (Fsp3) is 0.926. The second kappa shape index (κ2) is 9.27. The summed E-state index contributed by atoms with van der Waals surface area (Å²) in [5.74, 6) is 3.54. The Bertz CT molecular complexity index is 706. The molecule has 182 valence electrons. The molecule has 1 N–H and O–H groups in total. The van der Waals surface area contributed by atoms with Gasteiger partial charge in [-0.05, 0) is 111 Å². The topological polar surface area (TPSA) is 72.8 Å². The van der Waals surface area contributed by atoms with E-state index in [1.165, 1.54) is 52.1 Å². The van der Waals surface area contributed by atoms with Crippen molar-refractivity contribution in [2.75, 3.05) is 13.7 Å². The van der Waals surface area contributed by atoms with Crippen LogP contribution in [0.4, 0.5) is 0 Å². The van der Waals surface area contributed by atoms with Crippen molar-refractivity contribution in [1.29, 1.82) is 0 Å². The SMILES string of the molecule is COC(=O)COC(=O)CC[C@@H](C)[C@H]1CC[C@H]2[C@@H]3CC[C@@H]4C[C@H](O)CC[C@]4(C)[C@H]3CC[C@]12C. The maximum atomic E-state index is 12.1. The van der Waals surface area contributed by atoms with Crippen molar-refractivity contribution in [2.45, 2.75) is 97.5 Å². The van der Waals surface area contributed by atoms with Crippen molar-refractivity contribution >= 4 is 11.9 Å². The molecule has 0 aromatic carbocycles. The average Bonchev–Trinajstić information content (AvgIpc) is 3.13. The summed E-state index contributed by atoms with van der Waals surface area (Å²) in [6, 6.07) is 0. The van der Waals surface area contributed by atoms with Crippen LogP contribution < -0.4 is 0 Å². The van der Waals surface area contributed by atoms with Gasteiger partial charge >= 0.3 is 11.9 Å². The first-order valence-corrected chi connectivity index (χ1v) is 13.1. The molecular formula is C27H44O5. The first kappa shape index (κ1) is 24.0. The van der Waals surface area contributed by atoms with E-state index in [9.17, 15) is 14.7 Å². The molecule has 0 heterocycles. The van der Waals surface area contributed by atoms with E-state index in [0.29, 0.717) is 35.0 Å². The number of hydrogen-bond donors (Lipinski definition) is 1. The molecule has 9 atom stereocenters. The van der Waals surface area contributed by atoms with E-state index < -0.39 is 5.97 Å². The normalized spacial score (nSPS) is 44.0. The molecule has 4 aliphatic carbocycles. The number of rotatable bonds is 6. The molecular weight excluding hydrogens is 404 g/mol. The van der Waals surface area contributed by atoms with Crippen LogP contribution in [0.15, 0.2) is 0 Å². The van der Waals surface area contributed by atoms with Gasteiger partial charge in [-0.3, -0.25) is 4.79 Å². The summed E-state index contributed by atoms with van der Waals surface area (Å²) in [5, 5.41) is 10.3. The first-order chi connectivity index (χ1) is 15.2. The summed E-state index contributed by atoms with van der Waals surface area (Å²) in [6.07, 6.45) is 12.3. The van der Waals surface area contributed by atoms with Crippen molar-refractivity contribution < 1.29 is 24.2 Å². The number of aliphatic hydroxyl groups is 1. The molecule has 0 aliphatic heterocycles. The molecule has 0 saturated heterocycles. The van der Waals surface area contributed by atoms with E-state index in [4.69, 9.17) is 4.74 Å². The fourth-order valence-electron chi connectivity index (χ4n) is 9.03. The zero-order valence-electron chi connectivity index (χ0n) is 20.6. The van der Waals surface area contributed by atoms with Crippen molar-refractivity contribution in [1.82, 2.24) is 0 Å². The molecule has 0 radical (unpaired) electrons. The molecule has 4 aliphatic rings. The lowest BCUT2D eigenvalue weighted by molar-refractivity contribution is -0.157. The number of esters is 2. The minimum absolute atomic E-state index is 0.0745. The molecule has 4 rings (SSSR count). The Morgan fingerprint density at radius 2 is 1.69 bits per heavy atom. The maximum Gasteiger partial charge on any atom is 0.344 e. The standard InChI is InChI=1S/C27H44O5/c1-17(5-10-24(29)32-16-25(30)31-4)21-8-9-22-20-7-6-18-15-19(28)11-13-26(18,2)23(20)12-14-27(21,22)3/h17-23,28H,5-16H2,1-4H3/t17-,18-,19-,20+,21-,22+,23+,26+,27-/m1/s1. The minimum atomic E-state index is -0.509. The number of aliphatic hydroxyl groups excluding tert-OH is 1. The van der Waals surface area contributed by atoms with Crippen LogP contribution in [0.2, 0.25) is 0 Å². The Hall–Kier alpha value is -1.10. The number of ether oxygens (including phenoxy) is 2. The highest BCUT2D eigenvalue weighted by molar-refractivity contribution is 5.76. The molecule has 0 aromatic heterocycles. The van der Waals surface area contributed by atoms with Crippen molar-refractivity contribution in [3.8, 4) is 0 Å². The molecule has 32 heavy (non-hydrogen) atoms. The first-order valence-electron chi connectivity index (χ1n) is 13.1. The van der Waals surface area contributed by atoms with Gasteiger partial charge in [0.2, 0.25) is 0 Å². The van der Waals surface area contributed by atoms with Gasteiger partial charge in [-0.1, -0.05) is 20.8 Å². The Morgan fingerprint density at radius 1 is 0.969 bits per heavy atom. The molecule has 5 heteroatoms. The lowest BCUT2D eigenvalue weighted by Gasteiger charge is -2.61. The number of fused-ring (bicyclic) bond motifs is 5. The predicted octanol–water partition coefficient (Wildman–Crippen LogP) is 5.14. The highest BCUT2D eigenvalue weighted by Gasteiger charge is 2.60. The molecule has 0 bridgehead atoms. The van der Waals surface area contributed by atoms with E-state index >= 15 is 0 Å². The quantitative estimate of drug-likeness (QED) is 0.570. The van der Waals surface area contributed by atoms with E-state index in [2.05, 4.69) is 25.5 Å². The van der Waals surface area contributed by atoms with Crippen molar-refractivity contribution in [3.63, 3.8) is 0 Å². The van der Waals surface area contributed by atoms with Crippen LogP contribution in [-0.4, -0.2) is 36.9 Å². The van der Waals surface area contributed by atoms with Gasteiger partial charge in [0.15, 0.2) is 6.61 Å². The average molecular weight is 449 g/mol. The lowest BCUT2D eigenvalue weighted by Crippen LogP contribution is -2.54. The largest absolute Gasteiger partial charge is 0.466 e. The number of hydrogen-bond acceptors (Lipinski definition) is 5. The fourth-order valence-corrected chi connectivity index (χ4v) is 9.03. The summed E-state index contributed by atoms with van der Waals surface area (Å²) >= 11 is 0. The molecule has 0 unspecified atom stereocenters. The highest BCUT2D eigenvalue weighted by Crippen LogP contribution is 2.68. The van der Waals surface area contributed by atoms with Gasteiger partial charge in [0, 0.05) is 6.42 Å². The Kier molecular flexibility index (Phi) is 6.96. The van der Waals surface area contributed by atoms with E-state index in [0.717, 1.165) is 37.0 Å². The number of carbonyl (C=O) groups is 2. The van der Waals surface area contributed by atoms with Crippen molar-refractivity contribution in [3.05, 3.63) is 0 Å². The third kappa shape index (κ3) is 4.23. The summed E-state index contributed by atoms with van der Waals surface area (Å²) < 4.78 is 9.59. The van der Waals surface area contributed by atoms with Crippen molar-refractivity contribution in [2.24, 2.45) is 46.3 Å². The Labute approximate surface area is 194 Å². The van der Waals surface area contributed by atoms with Gasteiger partial charge in [-0.15, -0.1) is 0 Å². The van der Waals surface area contributed by atoms with E-state index in [1.54, 1.807) is 0 Å². The number of carbonyl (C=O) groups excluding carboxylic acids is 2. The molecule has 0 amide bonds. The van der Waals surface area contributed by atoms with Crippen LogP contribution in [0.3, 0.4) is 0 Å². The van der Waals surface area contributed by atoms with Gasteiger partial charge in [-0.2, -0.15) is 0 Å². The zero-order chi connectivity index (χ0) is 23.1. The van der Waals surface area contributed by atoms with Crippen LogP contribution in [0.1, 0.15) is 91.4 Å². The van der Waals surface area contributed by atoms with Gasteiger partial charge in [-0.25, -0.2) is 4.79 Å². The van der Waals surface area contributed by atoms with E-state index in [1.807, 2.05) is 0 Å². The third-order valence-corrected chi connectivity index (χ3v) is 10.8. The molecule has 4 saturated carbocycles. The van der Waals surface area contributed by atoms with Crippen LogP contribution in [0.5, 0.6) is 0 Å². The zero-order valence-corrected chi connectivity index (χ0v) is 20.6. The van der Waals surface area contributed by atoms with Crippen LogP contribution in [0, 0.1) is 46.3 Å². The maximum absolute atomic E-state index is 12.1.